The normalized spacial score (nSPS) is 19.1. The molecule has 3 rings (SSSR count). The Bertz CT molecular complexity index is 652. The molecule has 1 fully saturated rings. The molecule has 1 saturated heterocycles. The van der Waals surface area contributed by atoms with Crippen LogP contribution in [0.2, 0.25) is 0 Å². The van der Waals surface area contributed by atoms with Crippen LogP contribution in [-0.4, -0.2) is 46.8 Å². The summed E-state index contributed by atoms with van der Waals surface area (Å²) >= 11 is 1.64. The number of rotatable bonds is 3. The molecule has 0 unspecified atom stereocenters. The standard InChI is InChI=1S/C16H21N3OS/c1-12-9-17-7-8-19(12)16(20)11-21-15-10-18(2)14-6-4-3-5-13(14)15/h3-6,10,12,17H,7-9,11H2,1-2H3/t12-/m1/s1. The van der Waals surface area contributed by atoms with Gasteiger partial charge in [-0.2, -0.15) is 0 Å². The number of hydrogen-bond acceptors (Lipinski definition) is 3. The van der Waals surface area contributed by atoms with Crippen molar-refractivity contribution in [3.05, 3.63) is 30.5 Å². The van der Waals surface area contributed by atoms with Crippen LogP contribution in [0.25, 0.3) is 10.9 Å². The van der Waals surface area contributed by atoms with Gasteiger partial charge in [0.1, 0.15) is 0 Å². The Kier molecular flexibility index (Phi) is 4.22. The predicted octanol–water partition coefficient (Wildman–Crippen LogP) is 2.09. The van der Waals surface area contributed by atoms with Crippen LogP contribution in [0.1, 0.15) is 6.92 Å². The zero-order valence-corrected chi connectivity index (χ0v) is 13.3. The number of aryl methyl sites for hydroxylation is 1. The Hall–Kier alpha value is -1.46. The molecule has 1 aromatic heterocycles. The van der Waals surface area contributed by atoms with Gasteiger partial charge in [-0.25, -0.2) is 0 Å². The molecule has 112 valence electrons. The Morgan fingerprint density at radius 3 is 3.05 bits per heavy atom. The number of nitrogens with one attached hydrogen (secondary N) is 1. The van der Waals surface area contributed by atoms with Crippen molar-refractivity contribution in [3.8, 4) is 0 Å². The molecule has 2 aromatic rings. The van der Waals surface area contributed by atoms with E-state index in [2.05, 4.69) is 35.1 Å². The van der Waals surface area contributed by atoms with Crippen molar-refractivity contribution < 1.29 is 4.79 Å². The average molecular weight is 303 g/mol. The van der Waals surface area contributed by atoms with E-state index in [0.29, 0.717) is 11.8 Å². The molecule has 4 nitrogen and oxygen atoms in total. The van der Waals surface area contributed by atoms with Gasteiger partial charge >= 0.3 is 0 Å². The summed E-state index contributed by atoms with van der Waals surface area (Å²) in [6, 6.07) is 8.62. The van der Waals surface area contributed by atoms with E-state index < -0.39 is 0 Å². The van der Waals surface area contributed by atoms with Crippen molar-refractivity contribution >= 4 is 28.6 Å². The van der Waals surface area contributed by atoms with Crippen LogP contribution in [0.3, 0.4) is 0 Å². The van der Waals surface area contributed by atoms with Crippen LogP contribution in [0.4, 0.5) is 0 Å². The molecule has 1 aromatic carbocycles. The number of amides is 1. The highest BCUT2D eigenvalue weighted by Crippen LogP contribution is 2.29. The van der Waals surface area contributed by atoms with Crippen molar-refractivity contribution in [2.24, 2.45) is 7.05 Å². The van der Waals surface area contributed by atoms with Gasteiger partial charge in [-0.3, -0.25) is 4.79 Å². The number of aromatic nitrogens is 1. The molecule has 0 spiro atoms. The van der Waals surface area contributed by atoms with E-state index in [1.54, 1.807) is 11.8 Å². The topological polar surface area (TPSA) is 37.3 Å². The number of nitrogens with zero attached hydrogens (tertiary/aromatic N) is 2. The second kappa shape index (κ2) is 6.12. The van der Waals surface area contributed by atoms with Gasteiger partial charge in [-0.1, -0.05) is 18.2 Å². The number of para-hydroxylation sites is 1. The summed E-state index contributed by atoms with van der Waals surface area (Å²) in [6.07, 6.45) is 2.11. The van der Waals surface area contributed by atoms with Gasteiger partial charge in [0.05, 0.1) is 5.75 Å². The van der Waals surface area contributed by atoms with E-state index in [4.69, 9.17) is 0 Å². The first-order valence-corrected chi connectivity index (χ1v) is 8.32. The lowest BCUT2D eigenvalue weighted by Crippen LogP contribution is -2.52. The Labute approximate surface area is 129 Å². The highest BCUT2D eigenvalue weighted by Gasteiger charge is 2.23. The first-order valence-electron chi connectivity index (χ1n) is 7.34. The molecule has 1 aliphatic heterocycles. The Morgan fingerprint density at radius 1 is 1.43 bits per heavy atom. The fourth-order valence-electron chi connectivity index (χ4n) is 2.85. The lowest BCUT2D eigenvalue weighted by Gasteiger charge is -2.33. The maximum absolute atomic E-state index is 12.4. The fraction of sp³-hybridized carbons (Fsp3) is 0.438. The van der Waals surface area contributed by atoms with Crippen molar-refractivity contribution in [1.29, 1.82) is 0 Å². The number of fused-ring (bicyclic) bond motifs is 1. The fourth-order valence-corrected chi connectivity index (χ4v) is 3.86. The molecule has 0 radical (unpaired) electrons. The van der Waals surface area contributed by atoms with Gasteiger partial charge in [0.25, 0.3) is 0 Å². The van der Waals surface area contributed by atoms with Crippen LogP contribution < -0.4 is 5.32 Å². The molecule has 2 heterocycles. The van der Waals surface area contributed by atoms with Gasteiger partial charge in [0, 0.05) is 54.7 Å². The molecule has 21 heavy (non-hydrogen) atoms. The van der Waals surface area contributed by atoms with Crippen LogP contribution in [-0.2, 0) is 11.8 Å². The third-order valence-corrected chi connectivity index (χ3v) is 5.06. The molecule has 1 amide bonds. The van der Waals surface area contributed by atoms with E-state index in [1.165, 1.54) is 15.8 Å². The number of hydrogen-bond donors (Lipinski definition) is 1. The molecule has 1 aliphatic rings. The third kappa shape index (κ3) is 2.94. The minimum absolute atomic E-state index is 0.238. The van der Waals surface area contributed by atoms with E-state index in [9.17, 15) is 4.79 Å². The lowest BCUT2D eigenvalue weighted by molar-refractivity contribution is -0.131. The van der Waals surface area contributed by atoms with Crippen LogP contribution >= 0.6 is 11.8 Å². The number of carbonyl (C=O) groups excluding carboxylic acids is 1. The quantitative estimate of drug-likeness (QED) is 0.882. The number of benzene rings is 1. The molecule has 0 bridgehead atoms. The highest BCUT2D eigenvalue weighted by atomic mass is 32.2. The van der Waals surface area contributed by atoms with Gasteiger partial charge < -0.3 is 14.8 Å². The van der Waals surface area contributed by atoms with Crippen molar-refractivity contribution in [3.63, 3.8) is 0 Å². The molecule has 1 atom stereocenters. The van der Waals surface area contributed by atoms with Gasteiger partial charge in [0.15, 0.2) is 0 Å². The second-order valence-corrected chi connectivity index (χ2v) is 6.57. The van der Waals surface area contributed by atoms with Gasteiger partial charge in [-0.05, 0) is 13.0 Å². The zero-order chi connectivity index (χ0) is 14.8. The van der Waals surface area contributed by atoms with Crippen LogP contribution in [0, 0.1) is 0 Å². The van der Waals surface area contributed by atoms with Crippen molar-refractivity contribution in [2.45, 2.75) is 17.9 Å². The minimum Gasteiger partial charge on any atom is -0.349 e. The first-order chi connectivity index (χ1) is 10.2. The third-order valence-electron chi connectivity index (χ3n) is 4.03. The molecular weight excluding hydrogens is 282 g/mol. The summed E-state index contributed by atoms with van der Waals surface area (Å²) in [5.74, 6) is 0.750. The smallest absolute Gasteiger partial charge is 0.233 e. The van der Waals surface area contributed by atoms with Gasteiger partial charge in [0.2, 0.25) is 5.91 Å². The van der Waals surface area contributed by atoms with E-state index in [-0.39, 0.29) is 5.91 Å². The Morgan fingerprint density at radius 2 is 2.24 bits per heavy atom. The molecule has 0 saturated carbocycles. The summed E-state index contributed by atoms with van der Waals surface area (Å²) in [7, 11) is 2.05. The maximum Gasteiger partial charge on any atom is 0.233 e. The predicted molar refractivity (Wildman–Crippen MR) is 87.7 cm³/mol. The maximum atomic E-state index is 12.4. The Balaban J connectivity index is 1.70. The number of piperazine rings is 1. The summed E-state index contributed by atoms with van der Waals surface area (Å²) in [4.78, 5) is 15.6. The summed E-state index contributed by atoms with van der Waals surface area (Å²) in [5, 5.41) is 4.54. The van der Waals surface area contributed by atoms with Crippen molar-refractivity contribution in [1.82, 2.24) is 14.8 Å². The largest absolute Gasteiger partial charge is 0.349 e. The zero-order valence-electron chi connectivity index (χ0n) is 12.5. The molecule has 5 heteroatoms. The van der Waals surface area contributed by atoms with E-state index in [0.717, 1.165) is 19.6 Å². The summed E-state index contributed by atoms with van der Waals surface area (Å²) in [5.41, 5.74) is 1.21. The molecule has 1 N–H and O–H groups in total. The SMILES string of the molecule is C[C@@H]1CNCCN1C(=O)CSc1cn(C)c2ccccc12. The summed E-state index contributed by atoms with van der Waals surface area (Å²) in [6.45, 7) is 4.71. The van der Waals surface area contributed by atoms with E-state index >= 15 is 0 Å². The highest BCUT2D eigenvalue weighted by molar-refractivity contribution is 8.00. The van der Waals surface area contributed by atoms with Crippen molar-refractivity contribution in [2.75, 3.05) is 25.4 Å². The first kappa shape index (κ1) is 14.5. The average Bonchev–Trinajstić information content (AvgIpc) is 2.82. The number of carbonyl (C=O) groups is 1. The number of thioether (sulfide) groups is 1. The lowest BCUT2D eigenvalue weighted by atomic mass is 10.2. The minimum atomic E-state index is 0.238. The second-order valence-electron chi connectivity index (χ2n) is 5.55. The monoisotopic (exact) mass is 303 g/mol. The van der Waals surface area contributed by atoms with E-state index in [1.807, 2.05) is 24.1 Å². The van der Waals surface area contributed by atoms with Crippen LogP contribution in [0.15, 0.2) is 35.4 Å². The van der Waals surface area contributed by atoms with Crippen LogP contribution in [0.5, 0.6) is 0 Å². The molecule has 0 aliphatic carbocycles. The molecular formula is C16H21N3OS. The van der Waals surface area contributed by atoms with Gasteiger partial charge in [-0.15, -0.1) is 11.8 Å². The summed E-state index contributed by atoms with van der Waals surface area (Å²) < 4.78 is 2.12.